The van der Waals surface area contributed by atoms with E-state index in [2.05, 4.69) is 42.7 Å². The van der Waals surface area contributed by atoms with Crippen molar-refractivity contribution < 1.29 is 0 Å². The Morgan fingerprint density at radius 3 is 2.29 bits per heavy atom. The lowest BCUT2D eigenvalue weighted by Gasteiger charge is -2.13. The van der Waals surface area contributed by atoms with Gasteiger partial charge in [-0.2, -0.15) is 11.8 Å². The van der Waals surface area contributed by atoms with Gasteiger partial charge in [-0.25, -0.2) is 0 Å². The molecule has 0 saturated heterocycles. The monoisotopic (exact) mass is 373 g/mol. The van der Waals surface area contributed by atoms with Crippen LogP contribution in [0.2, 0.25) is 0 Å². The second-order valence-electron chi connectivity index (χ2n) is 3.82. The maximum atomic E-state index is 4.61. The minimum Gasteiger partial charge on any atom is -0.357 e. The maximum Gasteiger partial charge on any atom is 0.191 e. The Bertz CT molecular complexity index is 185. The van der Waals surface area contributed by atoms with Crippen molar-refractivity contribution in [1.29, 1.82) is 0 Å². The maximum absolute atomic E-state index is 4.61. The van der Waals surface area contributed by atoms with Crippen LogP contribution in [-0.4, -0.2) is 37.6 Å². The predicted molar refractivity (Wildman–Crippen MR) is 91.9 cm³/mol. The lowest BCUT2D eigenvalue weighted by molar-refractivity contribution is 0.504. The Morgan fingerprint density at radius 1 is 1.18 bits per heavy atom. The van der Waals surface area contributed by atoms with Gasteiger partial charge in [-0.3, -0.25) is 4.99 Å². The fourth-order valence-electron chi connectivity index (χ4n) is 1.38. The molecule has 0 aliphatic carbocycles. The van der Waals surface area contributed by atoms with Gasteiger partial charge >= 0.3 is 0 Å². The van der Waals surface area contributed by atoms with Crippen LogP contribution in [0.1, 0.15) is 33.6 Å². The van der Waals surface area contributed by atoms with Gasteiger partial charge in [0, 0.05) is 25.4 Å². The molecule has 0 amide bonds. The average molecular weight is 373 g/mol. The van der Waals surface area contributed by atoms with E-state index in [0.717, 1.165) is 37.3 Å². The number of nitrogens with zero attached hydrogens (tertiary/aromatic N) is 1. The van der Waals surface area contributed by atoms with Crippen molar-refractivity contribution in [3.8, 4) is 0 Å². The topological polar surface area (TPSA) is 36.4 Å². The molecule has 0 fully saturated rings. The minimum absolute atomic E-state index is 0. The van der Waals surface area contributed by atoms with E-state index < -0.39 is 0 Å². The highest BCUT2D eigenvalue weighted by molar-refractivity contribution is 14.0. The van der Waals surface area contributed by atoms with Gasteiger partial charge in [-0.1, -0.05) is 26.7 Å². The molecular weight excluding hydrogens is 345 g/mol. The number of halogens is 1. The first-order chi connectivity index (χ1) is 7.78. The molecule has 0 heterocycles. The van der Waals surface area contributed by atoms with Crippen LogP contribution in [0.5, 0.6) is 0 Å². The van der Waals surface area contributed by atoms with Gasteiger partial charge < -0.3 is 10.6 Å². The molecule has 0 saturated carbocycles. The van der Waals surface area contributed by atoms with Gasteiger partial charge in [0.05, 0.1) is 0 Å². The van der Waals surface area contributed by atoms with Gasteiger partial charge in [0.15, 0.2) is 5.96 Å². The van der Waals surface area contributed by atoms with E-state index in [9.17, 15) is 0 Å². The molecule has 0 bridgehead atoms. The Balaban J connectivity index is 0. The van der Waals surface area contributed by atoms with Crippen LogP contribution >= 0.6 is 35.7 Å². The summed E-state index contributed by atoms with van der Waals surface area (Å²) in [6.07, 6.45) is 4.55. The summed E-state index contributed by atoms with van der Waals surface area (Å²) in [6, 6.07) is 0. The molecular formula is C12H28IN3S. The zero-order valence-corrected chi connectivity index (χ0v) is 14.7. The molecule has 0 unspecified atom stereocenters. The van der Waals surface area contributed by atoms with Crippen molar-refractivity contribution in [2.45, 2.75) is 33.6 Å². The Hall–Kier alpha value is 0.350. The summed E-state index contributed by atoms with van der Waals surface area (Å²) < 4.78 is 0. The molecule has 104 valence electrons. The number of nitrogens with one attached hydrogen (secondary N) is 2. The van der Waals surface area contributed by atoms with Crippen molar-refractivity contribution in [2.24, 2.45) is 10.9 Å². The molecule has 0 aromatic rings. The van der Waals surface area contributed by atoms with Crippen molar-refractivity contribution in [3.05, 3.63) is 0 Å². The zero-order chi connectivity index (χ0) is 12.2. The highest BCUT2D eigenvalue weighted by atomic mass is 127. The third-order valence-electron chi connectivity index (χ3n) is 2.61. The van der Waals surface area contributed by atoms with Crippen LogP contribution < -0.4 is 10.6 Å². The van der Waals surface area contributed by atoms with Crippen molar-refractivity contribution in [1.82, 2.24) is 10.6 Å². The van der Waals surface area contributed by atoms with Crippen LogP contribution in [0, 0.1) is 5.92 Å². The molecule has 0 aromatic heterocycles. The van der Waals surface area contributed by atoms with Crippen LogP contribution in [-0.2, 0) is 0 Å². The van der Waals surface area contributed by atoms with Crippen molar-refractivity contribution in [2.75, 3.05) is 31.6 Å². The molecule has 0 rings (SSSR count). The lowest BCUT2D eigenvalue weighted by atomic mass is 10.0. The van der Waals surface area contributed by atoms with Gasteiger partial charge in [-0.15, -0.1) is 24.0 Å². The smallest absolute Gasteiger partial charge is 0.191 e. The second-order valence-corrected chi connectivity index (χ2v) is 4.81. The molecule has 0 atom stereocenters. The number of rotatable bonds is 8. The summed E-state index contributed by atoms with van der Waals surface area (Å²) in [5, 5.41) is 6.62. The molecule has 2 N–H and O–H groups in total. The first-order valence-corrected chi connectivity index (χ1v) is 7.68. The van der Waals surface area contributed by atoms with Crippen LogP contribution in [0.4, 0.5) is 0 Å². The van der Waals surface area contributed by atoms with Gasteiger partial charge in [0.2, 0.25) is 0 Å². The molecule has 5 heteroatoms. The Morgan fingerprint density at radius 2 is 1.82 bits per heavy atom. The Kier molecular flexibility index (Phi) is 16.7. The predicted octanol–water partition coefficient (Wildman–Crippen LogP) is 2.96. The van der Waals surface area contributed by atoms with Crippen molar-refractivity contribution in [3.63, 3.8) is 0 Å². The number of thioether (sulfide) groups is 1. The summed E-state index contributed by atoms with van der Waals surface area (Å²) in [5.41, 5.74) is 0. The van der Waals surface area contributed by atoms with Gasteiger partial charge in [0.25, 0.3) is 0 Å². The summed E-state index contributed by atoms with van der Waals surface area (Å²) in [5.74, 6) is 2.80. The van der Waals surface area contributed by atoms with Crippen molar-refractivity contribution >= 4 is 41.7 Å². The van der Waals surface area contributed by atoms with E-state index in [1.54, 1.807) is 0 Å². The highest BCUT2D eigenvalue weighted by Crippen LogP contribution is 2.06. The van der Waals surface area contributed by atoms with E-state index in [0.29, 0.717) is 0 Å². The average Bonchev–Trinajstić information content (AvgIpc) is 2.30. The van der Waals surface area contributed by atoms with Gasteiger partial charge in [-0.05, 0) is 19.1 Å². The molecule has 17 heavy (non-hydrogen) atoms. The normalized spacial score (nSPS) is 11.2. The lowest BCUT2D eigenvalue weighted by Crippen LogP contribution is -2.38. The quantitative estimate of drug-likeness (QED) is 0.297. The fourth-order valence-corrected chi connectivity index (χ4v) is 1.69. The number of guanidine groups is 1. The molecule has 0 radical (unpaired) electrons. The zero-order valence-electron chi connectivity index (χ0n) is 11.6. The molecule has 0 aromatic carbocycles. The van der Waals surface area contributed by atoms with E-state index in [4.69, 9.17) is 0 Å². The largest absolute Gasteiger partial charge is 0.357 e. The summed E-state index contributed by atoms with van der Waals surface area (Å²) in [4.78, 5) is 4.61. The molecule has 0 aliphatic rings. The minimum atomic E-state index is 0. The molecule has 0 aliphatic heterocycles. The first kappa shape index (κ1) is 19.7. The van der Waals surface area contributed by atoms with Gasteiger partial charge in [0.1, 0.15) is 0 Å². The van der Waals surface area contributed by atoms with Crippen LogP contribution in [0.25, 0.3) is 0 Å². The number of hydrogen-bond donors (Lipinski definition) is 2. The van der Waals surface area contributed by atoms with E-state index in [-0.39, 0.29) is 24.0 Å². The second kappa shape index (κ2) is 14.4. The van der Waals surface area contributed by atoms with E-state index in [1.165, 1.54) is 12.8 Å². The Labute approximate surface area is 128 Å². The van der Waals surface area contributed by atoms with Crippen LogP contribution in [0.15, 0.2) is 4.99 Å². The summed E-state index contributed by atoms with van der Waals surface area (Å²) >= 11 is 1.85. The molecule has 3 nitrogen and oxygen atoms in total. The van der Waals surface area contributed by atoms with Crippen LogP contribution in [0.3, 0.4) is 0 Å². The highest BCUT2D eigenvalue weighted by Gasteiger charge is 2.03. The third kappa shape index (κ3) is 11.2. The first-order valence-electron chi connectivity index (χ1n) is 6.29. The fraction of sp³-hybridized carbons (Fsp3) is 0.917. The number of hydrogen-bond acceptors (Lipinski definition) is 2. The molecule has 0 spiro atoms. The third-order valence-corrected chi connectivity index (χ3v) is 3.22. The van der Waals surface area contributed by atoms with E-state index in [1.807, 2.05) is 11.8 Å². The number of aliphatic imine (C=N–C) groups is 1. The summed E-state index contributed by atoms with van der Waals surface area (Å²) in [6.45, 7) is 9.41. The standard InChI is InChI=1S/C12H27N3S.HI/c1-5-11(6-2)10-15-12(13-7-3)14-8-9-16-4;/h11H,5-10H2,1-4H3,(H2,13,14,15);1H. The SMILES string of the molecule is CCNC(=NCC(CC)CC)NCCSC.I. The summed E-state index contributed by atoms with van der Waals surface area (Å²) in [7, 11) is 0. The van der Waals surface area contributed by atoms with E-state index >= 15 is 0 Å².